The van der Waals surface area contributed by atoms with Gasteiger partial charge >= 0.3 is 0 Å². The second kappa shape index (κ2) is 8.03. The van der Waals surface area contributed by atoms with E-state index in [1.165, 1.54) is 25.7 Å². The van der Waals surface area contributed by atoms with Crippen molar-refractivity contribution in [2.75, 3.05) is 32.8 Å². The van der Waals surface area contributed by atoms with Gasteiger partial charge in [-0.05, 0) is 56.3 Å². The SMILES string of the molecule is CC(C)c1cccc(C(=O)N2CCO[C@]3(CCCC[C@@H]3N3CCCC3)C2)c1O. The van der Waals surface area contributed by atoms with Crippen LogP contribution in [-0.4, -0.2) is 65.2 Å². The van der Waals surface area contributed by atoms with Crippen molar-refractivity contribution in [3.63, 3.8) is 0 Å². The minimum Gasteiger partial charge on any atom is -0.507 e. The number of hydrogen-bond acceptors (Lipinski definition) is 4. The third-order valence-corrected chi connectivity index (χ3v) is 6.93. The van der Waals surface area contributed by atoms with Gasteiger partial charge in [0.05, 0.1) is 18.7 Å². The third-order valence-electron chi connectivity index (χ3n) is 6.93. The maximum absolute atomic E-state index is 13.3. The first-order valence-electron chi connectivity index (χ1n) is 11.0. The second-order valence-corrected chi connectivity index (χ2v) is 9.04. The first-order chi connectivity index (χ1) is 13.5. The van der Waals surface area contributed by atoms with Crippen LogP contribution in [0.15, 0.2) is 18.2 Å². The Hall–Kier alpha value is -1.59. The Kier molecular flexibility index (Phi) is 5.66. The highest BCUT2D eigenvalue weighted by Crippen LogP contribution is 2.40. The van der Waals surface area contributed by atoms with Gasteiger partial charge in [-0.25, -0.2) is 0 Å². The molecule has 0 bridgehead atoms. The van der Waals surface area contributed by atoms with Crippen LogP contribution in [0.2, 0.25) is 0 Å². The Labute approximate surface area is 168 Å². The van der Waals surface area contributed by atoms with E-state index in [9.17, 15) is 9.90 Å². The van der Waals surface area contributed by atoms with Crippen molar-refractivity contribution in [1.29, 1.82) is 0 Å². The minimum atomic E-state index is -0.248. The highest BCUT2D eigenvalue weighted by Gasteiger charge is 2.48. The largest absolute Gasteiger partial charge is 0.507 e. The topological polar surface area (TPSA) is 53.0 Å². The molecule has 1 aromatic rings. The molecule has 1 amide bonds. The van der Waals surface area contributed by atoms with Gasteiger partial charge in [0.1, 0.15) is 11.4 Å². The lowest BCUT2D eigenvalue weighted by molar-refractivity contribution is -0.156. The van der Waals surface area contributed by atoms with E-state index in [1.807, 2.05) is 30.9 Å². The van der Waals surface area contributed by atoms with Gasteiger partial charge < -0.3 is 14.7 Å². The molecule has 5 heteroatoms. The summed E-state index contributed by atoms with van der Waals surface area (Å²) in [7, 11) is 0. The second-order valence-electron chi connectivity index (χ2n) is 9.04. The third kappa shape index (κ3) is 3.55. The van der Waals surface area contributed by atoms with E-state index < -0.39 is 0 Å². The summed E-state index contributed by atoms with van der Waals surface area (Å²) >= 11 is 0. The van der Waals surface area contributed by atoms with Crippen LogP contribution in [0.4, 0.5) is 0 Å². The molecule has 2 aliphatic heterocycles. The maximum atomic E-state index is 13.3. The number of phenolic OH excluding ortho intramolecular Hbond substituents is 1. The fraction of sp³-hybridized carbons (Fsp3) is 0.696. The van der Waals surface area contributed by atoms with Crippen LogP contribution < -0.4 is 0 Å². The van der Waals surface area contributed by atoms with Gasteiger partial charge in [0.25, 0.3) is 5.91 Å². The number of nitrogens with zero attached hydrogens (tertiary/aromatic N) is 2. The van der Waals surface area contributed by atoms with Gasteiger partial charge in [-0.1, -0.05) is 38.8 Å². The Morgan fingerprint density at radius 2 is 1.96 bits per heavy atom. The van der Waals surface area contributed by atoms with Crippen LogP contribution in [0.5, 0.6) is 5.75 Å². The predicted molar refractivity (Wildman–Crippen MR) is 110 cm³/mol. The van der Waals surface area contributed by atoms with Crippen LogP contribution in [-0.2, 0) is 4.74 Å². The van der Waals surface area contributed by atoms with Crippen LogP contribution in [0, 0.1) is 0 Å². The molecule has 2 saturated heterocycles. The van der Waals surface area contributed by atoms with E-state index in [0.29, 0.717) is 31.3 Å². The zero-order valence-electron chi connectivity index (χ0n) is 17.3. The van der Waals surface area contributed by atoms with Crippen molar-refractivity contribution >= 4 is 5.91 Å². The molecule has 0 aromatic heterocycles. The van der Waals surface area contributed by atoms with Crippen LogP contribution in [0.25, 0.3) is 0 Å². The number of hydrogen-bond donors (Lipinski definition) is 1. The molecule has 5 nitrogen and oxygen atoms in total. The number of benzene rings is 1. The number of para-hydroxylation sites is 1. The summed E-state index contributed by atoms with van der Waals surface area (Å²) in [6, 6.07) is 5.95. The quantitative estimate of drug-likeness (QED) is 0.859. The molecule has 3 fully saturated rings. The molecule has 1 saturated carbocycles. The molecule has 2 heterocycles. The zero-order chi connectivity index (χ0) is 19.7. The molecular weight excluding hydrogens is 352 g/mol. The number of amides is 1. The van der Waals surface area contributed by atoms with Crippen molar-refractivity contribution in [3.05, 3.63) is 29.3 Å². The van der Waals surface area contributed by atoms with Crippen molar-refractivity contribution in [1.82, 2.24) is 9.80 Å². The molecule has 1 aromatic carbocycles. The van der Waals surface area contributed by atoms with E-state index in [-0.39, 0.29) is 23.2 Å². The number of carbonyl (C=O) groups excluding carboxylic acids is 1. The molecule has 28 heavy (non-hydrogen) atoms. The number of morpholine rings is 1. The lowest BCUT2D eigenvalue weighted by Gasteiger charge is -2.52. The van der Waals surface area contributed by atoms with E-state index in [4.69, 9.17) is 4.74 Å². The highest BCUT2D eigenvalue weighted by atomic mass is 16.5. The normalized spacial score (nSPS) is 29.0. The van der Waals surface area contributed by atoms with E-state index in [1.54, 1.807) is 6.07 Å². The smallest absolute Gasteiger partial charge is 0.257 e. The molecule has 1 N–H and O–H groups in total. The number of carbonyl (C=O) groups is 1. The molecule has 2 atom stereocenters. The van der Waals surface area contributed by atoms with Crippen molar-refractivity contribution in [2.24, 2.45) is 0 Å². The molecule has 0 unspecified atom stereocenters. The first kappa shape index (κ1) is 19.7. The molecule has 3 aliphatic rings. The van der Waals surface area contributed by atoms with Gasteiger partial charge in [0.15, 0.2) is 0 Å². The molecule has 1 spiro atoms. The zero-order valence-corrected chi connectivity index (χ0v) is 17.3. The summed E-state index contributed by atoms with van der Waals surface area (Å²) in [5.74, 6) is 0.262. The first-order valence-corrected chi connectivity index (χ1v) is 11.0. The van der Waals surface area contributed by atoms with Gasteiger partial charge in [-0.2, -0.15) is 0 Å². The van der Waals surface area contributed by atoms with Gasteiger partial charge in [-0.3, -0.25) is 9.69 Å². The summed E-state index contributed by atoms with van der Waals surface area (Å²) in [6.07, 6.45) is 7.14. The molecule has 1 aliphatic carbocycles. The predicted octanol–water partition coefficient (Wildman–Crippen LogP) is 3.77. The van der Waals surface area contributed by atoms with Gasteiger partial charge in [0.2, 0.25) is 0 Å². The summed E-state index contributed by atoms with van der Waals surface area (Å²) in [5, 5.41) is 10.7. The van der Waals surface area contributed by atoms with Crippen molar-refractivity contribution in [3.8, 4) is 5.75 Å². The fourth-order valence-corrected chi connectivity index (χ4v) is 5.46. The monoisotopic (exact) mass is 386 g/mol. The lowest BCUT2D eigenvalue weighted by atomic mass is 9.78. The number of rotatable bonds is 3. The number of ether oxygens (including phenoxy) is 1. The highest BCUT2D eigenvalue weighted by molar-refractivity contribution is 5.97. The minimum absolute atomic E-state index is 0.0616. The van der Waals surface area contributed by atoms with E-state index in [0.717, 1.165) is 31.5 Å². The number of phenols is 1. The standard InChI is InChI=1S/C23H34N2O3/c1-17(2)18-8-7-9-19(21(18)26)22(27)25-14-15-28-23(16-25)11-4-3-10-20(23)24-12-5-6-13-24/h7-9,17,20,26H,3-6,10-16H2,1-2H3/t20-,23+/m0/s1. The summed E-state index contributed by atoms with van der Waals surface area (Å²) in [5.41, 5.74) is 1.01. The molecule has 154 valence electrons. The number of likely N-dealkylation sites (tertiary alicyclic amines) is 1. The van der Waals surface area contributed by atoms with Crippen LogP contribution >= 0.6 is 0 Å². The molecule has 4 rings (SSSR count). The molecule has 0 radical (unpaired) electrons. The summed E-state index contributed by atoms with van der Waals surface area (Å²) in [6.45, 7) is 8.20. The number of aromatic hydroxyl groups is 1. The Bertz CT molecular complexity index is 710. The van der Waals surface area contributed by atoms with Gasteiger partial charge in [-0.15, -0.1) is 0 Å². The molecular formula is C23H34N2O3. The van der Waals surface area contributed by atoms with E-state index >= 15 is 0 Å². The Balaban J connectivity index is 1.58. The van der Waals surface area contributed by atoms with Crippen LogP contribution in [0.3, 0.4) is 0 Å². The summed E-state index contributed by atoms with van der Waals surface area (Å²) < 4.78 is 6.44. The van der Waals surface area contributed by atoms with E-state index in [2.05, 4.69) is 4.90 Å². The van der Waals surface area contributed by atoms with Crippen molar-refractivity contribution in [2.45, 2.75) is 69.9 Å². The maximum Gasteiger partial charge on any atom is 0.257 e. The lowest BCUT2D eigenvalue weighted by Crippen LogP contribution is -2.64. The van der Waals surface area contributed by atoms with Crippen molar-refractivity contribution < 1.29 is 14.6 Å². The van der Waals surface area contributed by atoms with Gasteiger partial charge in [0, 0.05) is 12.6 Å². The fourth-order valence-electron chi connectivity index (χ4n) is 5.46. The Morgan fingerprint density at radius 3 is 2.71 bits per heavy atom. The Morgan fingerprint density at radius 1 is 1.18 bits per heavy atom. The average molecular weight is 387 g/mol. The average Bonchev–Trinajstić information content (AvgIpc) is 3.22. The van der Waals surface area contributed by atoms with Crippen LogP contribution in [0.1, 0.15) is 74.2 Å². The summed E-state index contributed by atoms with van der Waals surface area (Å²) in [4.78, 5) is 17.9.